The van der Waals surface area contributed by atoms with Gasteiger partial charge in [0.2, 0.25) is 0 Å². The summed E-state index contributed by atoms with van der Waals surface area (Å²) in [6, 6.07) is 13.8. The molecule has 2 unspecified atom stereocenters. The molecular weight excluding hydrogens is 338 g/mol. The largest absolute Gasteiger partial charge is 0.504 e. The van der Waals surface area contributed by atoms with Crippen molar-refractivity contribution in [1.29, 1.82) is 0 Å². The molecule has 2 atom stereocenters. The van der Waals surface area contributed by atoms with Gasteiger partial charge in [0.15, 0.2) is 11.5 Å². The van der Waals surface area contributed by atoms with Crippen molar-refractivity contribution in [3.05, 3.63) is 59.2 Å². The Bertz CT molecular complexity index is 756. The minimum atomic E-state index is -0.0360. The highest BCUT2D eigenvalue weighted by Gasteiger charge is 2.38. The van der Waals surface area contributed by atoms with Crippen LogP contribution in [-0.2, 0) is 17.9 Å². The van der Waals surface area contributed by atoms with Crippen LogP contribution in [0.3, 0.4) is 0 Å². The molecule has 27 heavy (non-hydrogen) atoms. The van der Waals surface area contributed by atoms with Gasteiger partial charge in [0, 0.05) is 24.6 Å². The van der Waals surface area contributed by atoms with Crippen LogP contribution in [0.15, 0.2) is 42.5 Å². The summed E-state index contributed by atoms with van der Waals surface area (Å²) in [5, 5.41) is 24.3. The van der Waals surface area contributed by atoms with Gasteiger partial charge in [0.1, 0.15) is 0 Å². The molecule has 0 radical (unpaired) electrons. The second-order valence-corrected chi connectivity index (χ2v) is 7.90. The molecule has 2 aromatic rings. The van der Waals surface area contributed by atoms with Gasteiger partial charge in [0.05, 0.1) is 12.7 Å². The van der Waals surface area contributed by atoms with Gasteiger partial charge in [-0.3, -0.25) is 0 Å². The van der Waals surface area contributed by atoms with E-state index in [1.807, 2.05) is 24.3 Å². The van der Waals surface area contributed by atoms with Crippen LogP contribution < -0.4 is 5.32 Å². The Morgan fingerprint density at radius 3 is 2.52 bits per heavy atom. The first-order valence-corrected chi connectivity index (χ1v) is 10.1. The van der Waals surface area contributed by atoms with E-state index in [4.69, 9.17) is 4.74 Å². The smallest absolute Gasteiger partial charge is 0.161 e. The molecule has 144 valence electrons. The quantitative estimate of drug-likeness (QED) is 0.683. The SMILES string of the molecule is Oc1ccc2c(c1O)C(CNCc1ccccc1)C(C1CCCCC1)OC2. The summed E-state index contributed by atoms with van der Waals surface area (Å²) in [6.07, 6.45) is 6.29. The number of fused-ring (bicyclic) bond motifs is 1. The number of hydrogen-bond acceptors (Lipinski definition) is 4. The Morgan fingerprint density at radius 2 is 1.74 bits per heavy atom. The zero-order valence-corrected chi connectivity index (χ0v) is 15.7. The van der Waals surface area contributed by atoms with Gasteiger partial charge in [-0.05, 0) is 36.0 Å². The third-order valence-electron chi connectivity index (χ3n) is 6.14. The molecule has 1 heterocycles. The maximum Gasteiger partial charge on any atom is 0.161 e. The monoisotopic (exact) mass is 367 g/mol. The third kappa shape index (κ3) is 3.97. The molecule has 3 N–H and O–H groups in total. The van der Waals surface area contributed by atoms with Crippen LogP contribution in [0.2, 0.25) is 0 Å². The van der Waals surface area contributed by atoms with Crippen molar-refractivity contribution in [2.45, 2.75) is 57.3 Å². The summed E-state index contributed by atoms with van der Waals surface area (Å²) in [5.41, 5.74) is 3.10. The third-order valence-corrected chi connectivity index (χ3v) is 6.14. The Morgan fingerprint density at radius 1 is 0.963 bits per heavy atom. The first-order chi connectivity index (χ1) is 13.2. The van der Waals surface area contributed by atoms with Crippen molar-refractivity contribution in [3.63, 3.8) is 0 Å². The molecule has 0 spiro atoms. The Hall–Kier alpha value is -2.04. The van der Waals surface area contributed by atoms with Crippen LogP contribution >= 0.6 is 0 Å². The molecule has 1 aliphatic carbocycles. The van der Waals surface area contributed by atoms with Gasteiger partial charge in [0.25, 0.3) is 0 Å². The van der Waals surface area contributed by atoms with E-state index in [0.717, 1.165) is 24.2 Å². The van der Waals surface area contributed by atoms with Crippen LogP contribution in [0, 0.1) is 5.92 Å². The number of benzene rings is 2. The molecule has 4 rings (SSSR count). The molecule has 0 aromatic heterocycles. The second-order valence-electron chi connectivity index (χ2n) is 7.90. The predicted molar refractivity (Wildman–Crippen MR) is 106 cm³/mol. The zero-order valence-electron chi connectivity index (χ0n) is 15.7. The van der Waals surface area contributed by atoms with Gasteiger partial charge in [-0.1, -0.05) is 55.7 Å². The van der Waals surface area contributed by atoms with E-state index in [9.17, 15) is 10.2 Å². The number of ether oxygens (including phenoxy) is 1. The predicted octanol–water partition coefficient (Wildman–Crippen LogP) is 4.45. The van der Waals surface area contributed by atoms with E-state index in [-0.39, 0.29) is 23.5 Å². The average Bonchev–Trinajstić information content (AvgIpc) is 2.72. The molecule has 0 amide bonds. The maximum absolute atomic E-state index is 10.6. The van der Waals surface area contributed by atoms with Crippen LogP contribution in [0.5, 0.6) is 11.5 Å². The minimum Gasteiger partial charge on any atom is -0.504 e. The molecule has 0 saturated heterocycles. The van der Waals surface area contributed by atoms with Crippen LogP contribution in [-0.4, -0.2) is 22.9 Å². The summed E-state index contributed by atoms with van der Waals surface area (Å²) in [7, 11) is 0. The van der Waals surface area contributed by atoms with Gasteiger partial charge >= 0.3 is 0 Å². The van der Waals surface area contributed by atoms with E-state index in [1.54, 1.807) is 6.07 Å². The lowest BCUT2D eigenvalue weighted by Crippen LogP contribution is -2.40. The Kier molecular flexibility index (Phi) is 5.65. The molecule has 1 aliphatic heterocycles. The standard InChI is InChI=1S/C23H29NO3/c25-20-12-11-18-15-27-23(17-9-5-2-6-10-17)19(21(18)22(20)26)14-24-13-16-7-3-1-4-8-16/h1,3-4,7-8,11-12,17,19,23-26H,2,5-6,9-10,13-15H2. The zero-order chi connectivity index (χ0) is 18.6. The van der Waals surface area contributed by atoms with Gasteiger partial charge in [-0.2, -0.15) is 0 Å². The molecule has 4 heteroatoms. The van der Waals surface area contributed by atoms with Crippen molar-refractivity contribution in [2.75, 3.05) is 6.54 Å². The number of phenolic OH excluding ortho intramolecular Hbond substituents is 2. The summed E-state index contributed by atoms with van der Waals surface area (Å²) in [5.74, 6) is 0.569. The van der Waals surface area contributed by atoms with E-state index in [1.165, 1.54) is 37.7 Å². The molecule has 2 aliphatic rings. The molecule has 4 nitrogen and oxygen atoms in total. The van der Waals surface area contributed by atoms with Gasteiger partial charge in [-0.25, -0.2) is 0 Å². The lowest BCUT2D eigenvalue weighted by molar-refractivity contribution is -0.0398. The van der Waals surface area contributed by atoms with E-state index in [0.29, 0.717) is 12.5 Å². The normalized spacial score (nSPS) is 23.1. The first kappa shape index (κ1) is 18.3. The van der Waals surface area contributed by atoms with Crippen molar-refractivity contribution in [2.24, 2.45) is 5.92 Å². The fraction of sp³-hybridized carbons (Fsp3) is 0.478. The average molecular weight is 367 g/mol. The molecule has 2 aromatic carbocycles. The minimum absolute atomic E-state index is 0.0307. The number of nitrogens with one attached hydrogen (secondary N) is 1. The van der Waals surface area contributed by atoms with Crippen molar-refractivity contribution in [3.8, 4) is 11.5 Å². The lowest BCUT2D eigenvalue weighted by atomic mass is 9.75. The number of hydrogen-bond donors (Lipinski definition) is 3. The molecule has 1 fully saturated rings. The van der Waals surface area contributed by atoms with E-state index in [2.05, 4.69) is 17.4 Å². The van der Waals surface area contributed by atoms with Crippen molar-refractivity contribution < 1.29 is 14.9 Å². The summed E-state index contributed by atoms with van der Waals surface area (Å²) < 4.78 is 6.32. The first-order valence-electron chi connectivity index (χ1n) is 10.1. The van der Waals surface area contributed by atoms with E-state index < -0.39 is 0 Å². The molecule has 1 saturated carbocycles. The van der Waals surface area contributed by atoms with Crippen molar-refractivity contribution in [1.82, 2.24) is 5.32 Å². The highest BCUT2D eigenvalue weighted by molar-refractivity contribution is 5.52. The van der Waals surface area contributed by atoms with Gasteiger partial charge < -0.3 is 20.3 Å². The van der Waals surface area contributed by atoms with Crippen molar-refractivity contribution >= 4 is 0 Å². The summed E-state index contributed by atoms with van der Waals surface area (Å²) in [4.78, 5) is 0. The summed E-state index contributed by atoms with van der Waals surface area (Å²) in [6.45, 7) is 2.02. The Balaban J connectivity index is 1.57. The molecular formula is C23H29NO3. The Labute approximate surface area is 161 Å². The van der Waals surface area contributed by atoms with Crippen LogP contribution in [0.25, 0.3) is 0 Å². The highest BCUT2D eigenvalue weighted by atomic mass is 16.5. The second kappa shape index (κ2) is 8.32. The fourth-order valence-electron chi connectivity index (χ4n) is 4.76. The fourth-order valence-corrected chi connectivity index (χ4v) is 4.76. The van der Waals surface area contributed by atoms with Crippen LogP contribution in [0.4, 0.5) is 0 Å². The maximum atomic E-state index is 10.6. The molecule has 0 bridgehead atoms. The lowest BCUT2D eigenvalue weighted by Gasteiger charge is -2.40. The van der Waals surface area contributed by atoms with Gasteiger partial charge in [-0.15, -0.1) is 0 Å². The number of rotatable bonds is 5. The topological polar surface area (TPSA) is 61.7 Å². The van der Waals surface area contributed by atoms with E-state index >= 15 is 0 Å². The highest BCUT2D eigenvalue weighted by Crippen LogP contribution is 2.45. The number of aromatic hydroxyl groups is 2. The number of phenols is 2. The summed E-state index contributed by atoms with van der Waals surface area (Å²) >= 11 is 0. The van der Waals surface area contributed by atoms with Crippen LogP contribution in [0.1, 0.15) is 54.7 Å².